The van der Waals surface area contributed by atoms with Crippen LogP contribution in [0.25, 0.3) is 0 Å². The standard InChI is InChI=1S/C14H24N2O/c1-12(16(2)3)9-11-17-14-7-5-4-6-13(14)8-10-15/h4-7,12H,8-11,15H2,1-3H3. The van der Waals surface area contributed by atoms with Crippen LogP contribution in [0.2, 0.25) is 0 Å². The molecule has 17 heavy (non-hydrogen) atoms. The molecule has 1 aromatic carbocycles. The topological polar surface area (TPSA) is 38.5 Å². The Balaban J connectivity index is 2.45. The van der Waals surface area contributed by atoms with Gasteiger partial charge in [0.15, 0.2) is 0 Å². The highest BCUT2D eigenvalue weighted by Crippen LogP contribution is 2.18. The zero-order valence-corrected chi connectivity index (χ0v) is 11.1. The number of hydrogen-bond acceptors (Lipinski definition) is 3. The van der Waals surface area contributed by atoms with E-state index < -0.39 is 0 Å². The van der Waals surface area contributed by atoms with Crippen LogP contribution in [0.4, 0.5) is 0 Å². The molecular weight excluding hydrogens is 212 g/mol. The van der Waals surface area contributed by atoms with Crippen molar-refractivity contribution in [3.63, 3.8) is 0 Å². The fourth-order valence-corrected chi connectivity index (χ4v) is 1.60. The van der Waals surface area contributed by atoms with E-state index in [0.717, 1.165) is 25.2 Å². The molecule has 1 unspecified atom stereocenters. The van der Waals surface area contributed by atoms with Crippen molar-refractivity contribution in [3.05, 3.63) is 29.8 Å². The molecule has 0 saturated heterocycles. The lowest BCUT2D eigenvalue weighted by Crippen LogP contribution is -2.26. The predicted octanol–water partition coefficient (Wildman–Crippen LogP) is 1.91. The van der Waals surface area contributed by atoms with E-state index in [0.29, 0.717) is 12.6 Å². The first kappa shape index (κ1) is 14.0. The van der Waals surface area contributed by atoms with Crippen LogP contribution >= 0.6 is 0 Å². The summed E-state index contributed by atoms with van der Waals surface area (Å²) >= 11 is 0. The summed E-state index contributed by atoms with van der Waals surface area (Å²) in [5, 5.41) is 0. The Hall–Kier alpha value is -1.06. The second-order valence-electron chi connectivity index (χ2n) is 4.60. The zero-order chi connectivity index (χ0) is 12.7. The molecule has 3 heteroatoms. The van der Waals surface area contributed by atoms with Crippen LogP contribution in [0.3, 0.4) is 0 Å². The summed E-state index contributed by atoms with van der Waals surface area (Å²) in [7, 11) is 4.18. The minimum absolute atomic E-state index is 0.539. The van der Waals surface area contributed by atoms with E-state index in [9.17, 15) is 0 Å². The Morgan fingerprint density at radius 2 is 2.00 bits per heavy atom. The van der Waals surface area contributed by atoms with Gasteiger partial charge in [0.05, 0.1) is 6.61 Å². The van der Waals surface area contributed by atoms with Crippen LogP contribution < -0.4 is 10.5 Å². The van der Waals surface area contributed by atoms with Crippen molar-refractivity contribution in [2.75, 3.05) is 27.2 Å². The third kappa shape index (κ3) is 4.75. The molecule has 0 aliphatic carbocycles. The molecular formula is C14H24N2O. The quantitative estimate of drug-likeness (QED) is 0.786. The maximum absolute atomic E-state index is 5.83. The minimum Gasteiger partial charge on any atom is -0.493 e. The van der Waals surface area contributed by atoms with Crippen LogP contribution in [-0.4, -0.2) is 38.2 Å². The number of benzene rings is 1. The Morgan fingerprint density at radius 1 is 1.29 bits per heavy atom. The lowest BCUT2D eigenvalue weighted by molar-refractivity contribution is 0.232. The first-order valence-electron chi connectivity index (χ1n) is 6.22. The average Bonchev–Trinajstić information content (AvgIpc) is 2.31. The number of hydrogen-bond donors (Lipinski definition) is 1. The van der Waals surface area contributed by atoms with E-state index in [2.05, 4.69) is 32.0 Å². The van der Waals surface area contributed by atoms with Crippen molar-refractivity contribution in [1.29, 1.82) is 0 Å². The molecule has 1 atom stereocenters. The second-order valence-corrected chi connectivity index (χ2v) is 4.60. The van der Waals surface area contributed by atoms with Gasteiger partial charge >= 0.3 is 0 Å². The largest absolute Gasteiger partial charge is 0.493 e. The molecule has 0 saturated carbocycles. The van der Waals surface area contributed by atoms with Crippen molar-refractivity contribution in [3.8, 4) is 5.75 Å². The summed E-state index contributed by atoms with van der Waals surface area (Å²) in [5.41, 5.74) is 6.79. The monoisotopic (exact) mass is 236 g/mol. The van der Waals surface area contributed by atoms with Gasteiger partial charge in [-0.2, -0.15) is 0 Å². The van der Waals surface area contributed by atoms with Crippen LogP contribution in [0.5, 0.6) is 5.75 Å². The third-order valence-electron chi connectivity index (χ3n) is 3.06. The van der Waals surface area contributed by atoms with E-state index in [-0.39, 0.29) is 0 Å². The maximum Gasteiger partial charge on any atom is 0.122 e. The lowest BCUT2D eigenvalue weighted by Gasteiger charge is -2.20. The Labute approximate surface area is 105 Å². The summed E-state index contributed by atoms with van der Waals surface area (Å²) in [6.07, 6.45) is 1.91. The fourth-order valence-electron chi connectivity index (χ4n) is 1.60. The van der Waals surface area contributed by atoms with Crippen molar-refractivity contribution >= 4 is 0 Å². The molecule has 0 radical (unpaired) electrons. The third-order valence-corrected chi connectivity index (χ3v) is 3.06. The number of para-hydroxylation sites is 1. The average molecular weight is 236 g/mol. The second kappa shape index (κ2) is 7.30. The van der Waals surface area contributed by atoms with Gasteiger partial charge in [-0.25, -0.2) is 0 Å². The first-order chi connectivity index (χ1) is 8.15. The molecule has 0 aliphatic heterocycles. The molecule has 0 bridgehead atoms. The molecule has 0 amide bonds. The molecule has 2 N–H and O–H groups in total. The van der Waals surface area contributed by atoms with Crippen molar-refractivity contribution < 1.29 is 4.74 Å². The van der Waals surface area contributed by atoms with Gasteiger partial charge in [0.1, 0.15) is 5.75 Å². The highest BCUT2D eigenvalue weighted by molar-refractivity contribution is 5.33. The van der Waals surface area contributed by atoms with Gasteiger partial charge in [-0.15, -0.1) is 0 Å². The van der Waals surface area contributed by atoms with Gasteiger partial charge in [-0.05, 0) is 52.0 Å². The molecule has 3 nitrogen and oxygen atoms in total. The zero-order valence-electron chi connectivity index (χ0n) is 11.1. The number of rotatable bonds is 7. The van der Waals surface area contributed by atoms with Crippen molar-refractivity contribution in [2.24, 2.45) is 5.73 Å². The van der Waals surface area contributed by atoms with Gasteiger partial charge in [0.25, 0.3) is 0 Å². The van der Waals surface area contributed by atoms with Gasteiger partial charge < -0.3 is 15.4 Å². The lowest BCUT2D eigenvalue weighted by atomic mass is 10.1. The number of ether oxygens (including phenoxy) is 1. The maximum atomic E-state index is 5.83. The summed E-state index contributed by atoms with van der Waals surface area (Å²) in [6, 6.07) is 8.67. The molecule has 1 aromatic rings. The van der Waals surface area contributed by atoms with Crippen molar-refractivity contribution in [2.45, 2.75) is 25.8 Å². The van der Waals surface area contributed by atoms with E-state index in [1.807, 2.05) is 18.2 Å². The molecule has 1 rings (SSSR count). The molecule has 96 valence electrons. The predicted molar refractivity (Wildman–Crippen MR) is 72.5 cm³/mol. The normalized spacial score (nSPS) is 12.8. The van der Waals surface area contributed by atoms with Gasteiger partial charge in [-0.3, -0.25) is 0 Å². The van der Waals surface area contributed by atoms with E-state index >= 15 is 0 Å². The molecule has 0 fully saturated rings. The number of nitrogens with two attached hydrogens (primary N) is 1. The SMILES string of the molecule is CC(CCOc1ccccc1CCN)N(C)C. The smallest absolute Gasteiger partial charge is 0.122 e. The first-order valence-corrected chi connectivity index (χ1v) is 6.22. The summed E-state index contributed by atoms with van der Waals surface area (Å²) in [5.74, 6) is 0.976. The summed E-state index contributed by atoms with van der Waals surface area (Å²) in [6.45, 7) is 3.62. The van der Waals surface area contributed by atoms with Gasteiger partial charge in [-0.1, -0.05) is 18.2 Å². The van der Waals surface area contributed by atoms with Crippen LogP contribution in [0, 0.1) is 0 Å². The van der Waals surface area contributed by atoms with Crippen molar-refractivity contribution in [1.82, 2.24) is 4.90 Å². The Morgan fingerprint density at radius 3 is 2.65 bits per heavy atom. The Bertz CT molecular complexity index is 326. The molecule has 0 heterocycles. The molecule has 0 spiro atoms. The van der Waals surface area contributed by atoms with E-state index in [1.165, 1.54) is 5.56 Å². The highest BCUT2D eigenvalue weighted by Gasteiger charge is 2.06. The van der Waals surface area contributed by atoms with E-state index in [4.69, 9.17) is 10.5 Å². The minimum atomic E-state index is 0.539. The van der Waals surface area contributed by atoms with Gasteiger partial charge in [0.2, 0.25) is 0 Å². The fraction of sp³-hybridized carbons (Fsp3) is 0.571. The van der Waals surface area contributed by atoms with Gasteiger partial charge in [0, 0.05) is 6.04 Å². The van der Waals surface area contributed by atoms with Crippen LogP contribution in [-0.2, 0) is 6.42 Å². The summed E-state index contributed by atoms with van der Waals surface area (Å²) in [4.78, 5) is 2.20. The highest BCUT2D eigenvalue weighted by atomic mass is 16.5. The molecule has 0 aliphatic rings. The summed E-state index contributed by atoms with van der Waals surface area (Å²) < 4.78 is 5.83. The number of nitrogens with zero attached hydrogens (tertiary/aromatic N) is 1. The van der Waals surface area contributed by atoms with E-state index in [1.54, 1.807) is 0 Å². The van der Waals surface area contributed by atoms with Crippen LogP contribution in [0.15, 0.2) is 24.3 Å². The Kier molecular flexibility index (Phi) is 6.01. The van der Waals surface area contributed by atoms with Crippen LogP contribution in [0.1, 0.15) is 18.9 Å². The molecule has 0 aromatic heterocycles.